The Labute approximate surface area is 188 Å². The van der Waals surface area contributed by atoms with Crippen molar-refractivity contribution in [2.24, 2.45) is 0 Å². The molecule has 0 amide bonds. The number of hydrogen-bond donors (Lipinski definition) is 1. The van der Waals surface area contributed by atoms with E-state index in [-0.39, 0.29) is 18.1 Å². The van der Waals surface area contributed by atoms with Crippen LogP contribution in [0.3, 0.4) is 0 Å². The Kier molecular flexibility index (Phi) is 6.84. The van der Waals surface area contributed by atoms with Crippen LogP contribution in [0.4, 0.5) is 0 Å². The number of halogens is 1. The minimum Gasteiger partial charge on any atom is -0.384 e. The average molecular weight is 439 g/mol. The summed E-state index contributed by atoms with van der Waals surface area (Å²) in [6, 6.07) is 28.1. The fourth-order valence-electron chi connectivity index (χ4n) is 4.46. The lowest BCUT2D eigenvalue weighted by Gasteiger charge is -2.48. The van der Waals surface area contributed by atoms with E-state index in [1.807, 2.05) is 84.6 Å². The van der Waals surface area contributed by atoms with E-state index in [2.05, 4.69) is 19.1 Å². The van der Waals surface area contributed by atoms with E-state index in [1.165, 1.54) is 0 Å². The largest absolute Gasteiger partial charge is 0.384 e. The number of ether oxygens (including phenoxy) is 1. The summed E-state index contributed by atoms with van der Waals surface area (Å²) in [6.45, 7) is 2.15. The minimum absolute atomic E-state index is 0.0409. The van der Waals surface area contributed by atoms with Gasteiger partial charge < -0.3 is 9.84 Å². The van der Waals surface area contributed by atoms with Crippen LogP contribution in [-0.2, 0) is 10.3 Å². The highest BCUT2D eigenvalue weighted by Gasteiger charge is 2.50. The lowest BCUT2D eigenvalue weighted by Crippen LogP contribution is -2.47. The molecule has 0 bridgehead atoms. The zero-order chi connectivity index (χ0) is 21.0. The first-order chi connectivity index (χ1) is 14.6. The second-order valence-corrected chi connectivity index (χ2v) is 9.53. The molecule has 1 N–H and O–H groups in total. The van der Waals surface area contributed by atoms with Gasteiger partial charge in [-0.3, -0.25) is 0 Å². The lowest BCUT2D eigenvalue weighted by atomic mass is 9.68. The molecule has 4 unspecified atom stereocenters. The summed E-state index contributed by atoms with van der Waals surface area (Å²) in [4.78, 5) is 0. The van der Waals surface area contributed by atoms with Gasteiger partial charge in [0.25, 0.3) is 0 Å². The molecule has 156 valence electrons. The van der Waals surface area contributed by atoms with Crippen molar-refractivity contribution in [3.63, 3.8) is 0 Å². The van der Waals surface area contributed by atoms with E-state index in [1.54, 1.807) is 0 Å². The third-order valence-electron chi connectivity index (χ3n) is 5.83. The van der Waals surface area contributed by atoms with Gasteiger partial charge in [0.2, 0.25) is 0 Å². The lowest BCUT2D eigenvalue weighted by molar-refractivity contribution is -0.161. The van der Waals surface area contributed by atoms with Crippen LogP contribution < -0.4 is 0 Å². The summed E-state index contributed by atoms with van der Waals surface area (Å²) < 4.78 is 6.67. The Hall–Kier alpha value is -1.78. The van der Waals surface area contributed by atoms with Crippen molar-refractivity contribution in [3.8, 4) is 0 Å². The molecule has 0 spiro atoms. The Morgan fingerprint density at radius 2 is 1.57 bits per heavy atom. The minimum atomic E-state index is -1.04. The first-order valence-electron chi connectivity index (χ1n) is 10.4. The molecule has 1 aliphatic heterocycles. The first kappa shape index (κ1) is 21.5. The number of benzene rings is 3. The quantitative estimate of drug-likeness (QED) is 0.470. The molecule has 30 heavy (non-hydrogen) atoms. The molecule has 4 atom stereocenters. The van der Waals surface area contributed by atoms with E-state index < -0.39 is 5.60 Å². The Bertz CT molecular complexity index is 932. The van der Waals surface area contributed by atoms with Gasteiger partial charge in [0.1, 0.15) is 5.60 Å². The Balaban J connectivity index is 1.85. The van der Waals surface area contributed by atoms with Crippen molar-refractivity contribution < 1.29 is 9.84 Å². The fourth-order valence-corrected chi connectivity index (χ4v) is 5.29. The van der Waals surface area contributed by atoms with Gasteiger partial charge in [-0.2, -0.15) is 11.8 Å². The van der Waals surface area contributed by atoms with Crippen molar-refractivity contribution in [1.82, 2.24) is 0 Å². The maximum atomic E-state index is 12.3. The van der Waals surface area contributed by atoms with Crippen LogP contribution in [0, 0.1) is 0 Å². The molecule has 0 radical (unpaired) electrons. The maximum absolute atomic E-state index is 12.3. The van der Waals surface area contributed by atoms with Gasteiger partial charge in [-0.1, -0.05) is 91.3 Å². The predicted octanol–water partition coefficient (Wildman–Crippen LogP) is 6.59. The number of hydrogen-bond acceptors (Lipinski definition) is 3. The summed E-state index contributed by atoms with van der Waals surface area (Å²) in [7, 11) is 0. The highest BCUT2D eigenvalue weighted by Crippen LogP contribution is 2.53. The first-order valence-corrected chi connectivity index (χ1v) is 12.0. The molecule has 3 aromatic carbocycles. The smallest absolute Gasteiger partial charge is 0.102 e. The van der Waals surface area contributed by atoms with Crippen molar-refractivity contribution in [1.29, 1.82) is 0 Å². The second-order valence-electron chi connectivity index (χ2n) is 7.77. The van der Waals surface area contributed by atoms with Crippen LogP contribution in [-0.4, -0.2) is 22.7 Å². The topological polar surface area (TPSA) is 29.5 Å². The molecule has 1 heterocycles. The van der Waals surface area contributed by atoms with E-state index in [0.717, 1.165) is 28.2 Å². The molecular weight excluding hydrogens is 412 g/mol. The molecule has 0 saturated carbocycles. The van der Waals surface area contributed by atoms with Crippen LogP contribution in [0.15, 0.2) is 84.9 Å². The van der Waals surface area contributed by atoms with E-state index >= 15 is 0 Å². The van der Waals surface area contributed by atoms with Crippen LogP contribution in [0.5, 0.6) is 0 Å². The van der Waals surface area contributed by atoms with Gasteiger partial charge in [-0.05, 0) is 34.6 Å². The standard InChI is InChI=1S/C26H27ClO2S/c1-2-30-18-23-17-26(28,21-11-7-4-8-12-21)24(19-9-5-3-6-10-19)25(29-23)20-13-15-22(27)16-14-20/h3-16,23-25,28H,2,17-18H2,1H3. The van der Waals surface area contributed by atoms with Gasteiger partial charge in [-0.25, -0.2) is 0 Å². The fraction of sp³-hybridized carbons (Fsp3) is 0.308. The molecule has 4 rings (SSSR count). The van der Waals surface area contributed by atoms with Gasteiger partial charge in [0.05, 0.1) is 12.2 Å². The summed E-state index contributed by atoms with van der Waals surface area (Å²) in [5, 5.41) is 13.0. The predicted molar refractivity (Wildman–Crippen MR) is 126 cm³/mol. The molecule has 0 aliphatic carbocycles. The summed E-state index contributed by atoms with van der Waals surface area (Å²) in [5.41, 5.74) is 2.01. The van der Waals surface area contributed by atoms with Crippen molar-refractivity contribution in [3.05, 3.63) is 107 Å². The molecule has 0 aromatic heterocycles. The summed E-state index contributed by atoms with van der Waals surface area (Å²) in [5.74, 6) is 1.65. The monoisotopic (exact) mass is 438 g/mol. The van der Waals surface area contributed by atoms with E-state index in [4.69, 9.17) is 16.3 Å². The molecule has 4 heteroatoms. The number of thioether (sulfide) groups is 1. The van der Waals surface area contributed by atoms with Gasteiger partial charge >= 0.3 is 0 Å². The molecule has 2 nitrogen and oxygen atoms in total. The van der Waals surface area contributed by atoms with E-state index in [9.17, 15) is 5.11 Å². The van der Waals surface area contributed by atoms with Crippen molar-refractivity contribution >= 4 is 23.4 Å². The number of aliphatic hydroxyl groups is 1. The molecule has 3 aromatic rings. The maximum Gasteiger partial charge on any atom is 0.102 e. The van der Waals surface area contributed by atoms with Crippen LogP contribution in [0.2, 0.25) is 5.02 Å². The van der Waals surface area contributed by atoms with Crippen LogP contribution >= 0.6 is 23.4 Å². The molecule has 1 fully saturated rings. The zero-order valence-electron chi connectivity index (χ0n) is 17.1. The zero-order valence-corrected chi connectivity index (χ0v) is 18.7. The molecular formula is C26H27ClO2S. The van der Waals surface area contributed by atoms with E-state index in [0.29, 0.717) is 11.4 Å². The highest BCUT2D eigenvalue weighted by molar-refractivity contribution is 7.99. The van der Waals surface area contributed by atoms with Crippen molar-refractivity contribution in [2.75, 3.05) is 11.5 Å². The molecule has 1 saturated heterocycles. The summed E-state index contributed by atoms with van der Waals surface area (Å²) in [6.07, 6.45) is 0.250. The summed E-state index contributed by atoms with van der Waals surface area (Å²) >= 11 is 8.01. The molecule has 1 aliphatic rings. The van der Waals surface area contributed by atoms with Crippen molar-refractivity contribution in [2.45, 2.75) is 37.1 Å². The average Bonchev–Trinajstić information content (AvgIpc) is 2.79. The third kappa shape index (κ3) is 4.45. The third-order valence-corrected chi connectivity index (χ3v) is 7.10. The normalized spacial score (nSPS) is 26.4. The van der Waals surface area contributed by atoms with Gasteiger partial charge in [0.15, 0.2) is 0 Å². The SMILES string of the molecule is CCSCC1CC(O)(c2ccccc2)C(c2ccccc2)C(c2ccc(Cl)cc2)O1. The Morgan fingerprint density at radius 3 is 2.20 bits per heavy atom. The van der Waals surface area contributed by atoms with Crippen LogP contribution in [0.1, 0.15) is 42.1 Å². The van der Waals surface area contributed by atoms with Gasteiger partial charge in [-0.15, -0.1) is 0 Å². The second kappa shape index (κ2) is 9.57. The Morgan fingerprint density at radius 1 is 0.933 bits per heavy atom. The van der Waals surface area contributed by atoms with Gasteiger partial charge in [0, 0.05) is 23.1 Å². The number of rotatable bonds is 6. The highest BCUT2D eigenvalue weighted by atomic mass is 35.5. The van der Waals surface area contributed by atoms with Crippen LogP contribution in [0.25, 0.3) is 0 Å².